The van der Waals surface area contributed by atoms with Crippen LogP contribution in [-0.4, -0.2) is 38.5 Å². The molecule has 0 aromatic heterocycles. The Kier molecular flexibility index (Phi) is 6.10. The summed E-state index contributed by atoms with van der Waals surface area (Å²) in [6.07, 6.45) is 1.62. The van der Waals surface area contributed by atoms with Gasteiger partial charge in [-0.05, 0) is 72.9 Å². The standard InChI is InChI=1S/C32H22Cl2F2N2O5/c33-31-15-22-20(11-12-21-25(22)28(41)37(27(21)40)18-4-2-1-3-5-18)26(16-6-13-24(39)23(36)14-16)32(31,34)30(43)38(29(31)42)19-9-7-17(35)8-10-19/h1-11,13-14,21-22,25-26,39H,12,15H2. The maximum atomic E-state index is 14.8. The Morgan fingerprint density at radius 3 is 2.14 bits per heavy atom. The molecule has 2 saturated heterocycles. The Labute approximate surface area is 254 Å². The number of phenols is 1. The molecule has 0 bridgehead atoms. The van der Waals surface area contributed by atoms with Crippen molar-refractivity contribution in [1.82, 2.24) is 0 Å². The zero-order valence-electron chi connectivity index (χ0n) is 22.2. The van der Waals surface area contributed by atoms with Gasteiger partial charge in [0.05, 0.1) is 23.2 Å². The molecule has 1 N–H and O–H groups in total. The second kappa shape index (κ2) is 9.46. The fourth-order valence-corrected chi connectivity index (χ4v) is 8.24. The second-order valence-electron chi connectivity index (χ2n) is 11.3. The van der Waals surface area contributed by atoms with Gasteiger partial charge in [-0.15, -0.1) is 23.2 Å². The van der Waals surface area contributed by atoms with Crippen LogP contribution < -0.4 is 9.80 Å². The van der Waals surface area contributed by atoms with Crippen molar-refractivity contribution in [2.24, 2.45) is 17.8 Å². The fourth-order valence-electron chi connectivity index (χ4n) is 7.31. The van der Waals surface area contributed by atoms with Gasteiger partial charge in [-0.3, -0.25) is 24.1 Å². The molecule has 7 nitrogen and oxygen atoms in total. The summed E-state index contributed by atoms with van der Waals surface area (Å²) in [5.74, 6) is -8.51. The van der Waals surface area contributed by atoms with Crippen molar-refractivity contribution in [3.05, 3.63) is 102 Å². The molecule has 4 aliphatic rings. The third-order valence-electron chi connectivity index (χ3n) is 9.22. The van der Waals surface area contributed by atoms with Gasteiger partial charge in [0.25, 0.3) is 11.8 Å². The minimum absolute atomic E-state index is 0.0405. The van der Waals surface area contributed by atoms with E-state index in [4.69, 9.17) is 23.2 Å². The van der Waals surface area contributed by atoms with Gasteiger partial charge in [0.15, 0.2) is 21.3 Å². The number of para-hydroxylation sites is 1. The lowest BCUT2D eigenvalue weighted by Gasteiger charge is -2.50. The van der Waals surface area contributed by atoms with Gasteiger partial charge in [0.1, 0.15) is 5.82 Å². The molecule has 0 spiro atoms. The number of rotatable bonds is 3. The van der Waals surface area contributed by atoms with E-state index >= 15 is 0 Å². The lowest BCUT2D eigenvalue weighted by atomic mass is 9.56. The smallest absolute Gasteiger partial charge is 0.258 e. The van der Waals surface area contributed by atoms with Crippen LogP contribution in [0.1, 0.15) is 24.3 Å². The summed E-state index contributed by atoms with van der Waals surface area (Å²) in [6.45, 7) is 0. The Morgan fingerprint density at radius 2 is 1.47 bits per heavy atom. The summed E-state index contributed by atoms with van der Waals surface area (Å²) in [7, 11) is 0. The number of imide groups is 2. The van der Waals surface area contributed by atoms with Crippen LogP contribution in [0.2, 0.25) is 0 Å². The highest BCUT2D eigenvalue weighted by Gasteiger charge is 2.76. The molecule has 4 amide bonds. The summed E-state index contributed by atoms with van der Waals surface area (Å²) >= 11 is 14.5. The number of allylic oxidation sites excluding steroid dienone is 2. The number of fused-ring (bicyclic) bond motifs is 4. The normalized spacial score (nSPS) is 31.6. The van der Waals surface area contributed by atoms with Crippen molar-refractivity contribution < 1.29 is 33.1 Å². The van der Waals surface area contributed by atoms with Gasteiger partial charge in [-0.1, -0.05) is 35.9 Å². The van der Waals surface area contributed by atoms with Crippen molar-refractivity contribution in [1.29, 1.82) is 0 Å². The summed E-state index contributed by atoms with van der Waals surface area (Å²) in [6, 6.07) is 16.7. The third kappa shape index (κ3) is 3.64. The average molecular weight is 623 g/mol. The zero-order valence-corrected chi connectivity index (χ0v) is 23.7. The first-order valence-corrected chi connectivity index (χ1v) is 14.4. The first kappa shape index (κ1) is 27.7. The summed E-state index contributed by atoms with van der Waals surface area (Å²) in [4.78, 5) is 53.6. The molecule has 0 radical (unpaired) electrons. The molecule has 218 valence electrons. The first-order valence-electron chi connectivity index (χ1n) is 13.6. The van der Waals surface area contributed by atoms with Crippen LogP contribution in [0, 0.1) is 29.4 Å². The fraction of sp³-hybridized carbons (Fsp3) is 0.250. The van der Waals surface area contributed by atoms with Crippen LogP contribution in [0.25, 0.3) is 0 Å². The van der Waals surface area contributed by atoms with E-state index in [2.05, 4.69) is 0 Å². The Morgan fingerprint density at radius 1 is 0.791 bits per heavy atom. The van der Waals surface area contributed by atoms with Crippen molar-refractivity contribution in [2.75, 3.05) is 9.80 Å². The molecule has 2 heterocycles. The van der Waals surface area contributed by atoms with E-state index in [-0.39, 0.29) is 24.1 Å². The van der Waals surface area contributed by atoms with Crippen molar-refractivity contribution in [2.45, 2.75) is 28.5 Å². The summed E-state index contributed by atoms with van der Waals surface area (Å²) < 4.78 is 28.5. The topological polar surface area (TPSA) is 95.0 Å². The van der Waals surface area contributed by atoms with Crippen LogP contribution in [0.5, 0.6) is 5.75 Å². The predicted molar refractivity (Wildman–Crippen MR) is 154 cm³/mol. The van der Waals surface area contributed by atoms with Gasteiger partial charge >= 0.3 is 0 Å². The maximum Gasteiger partial charge on any atom is 0.258 e. The van der Waals surface area contributed by atoms with Gasteiger partial charge in [0, 0.05) is 5.92 Å². The molecule has 11 heteroatoms. The predicted octanol–water partition coefficient (Wildman–Crippen LogP) is 5.44. The number of anilines is 2. The molecule has 1 saturated carbocycles. The monoisotopic (exact) mass is 622 g/mol. The number of phenolic OH excluding ortho intramolecular Hbond substituents is 1. The molecule has 6 unspecified atom stereocenters. The highest BCUT2D eigenvalue weighted by molar-refractivity contribution is 6.58. The van der Waals surface area contributed by atoms with E-state index in [0.29, 0.717) is 11.3 Å². The third-order valence-corrected chi connectivity index (χ3v) is 10.6. The number of carbonyl (C=O) groups excluding carboxylic acids is 4. The highest BCUT2D eigenvalue weighted by Crippen LogP contribution is 2.66. The molecular formula is C32H22Cl2F2N2O5. The van der Waals surface area contributed by atoms with Gasteiger partial charge in [0.2, 0.25) is 11.8 Å². The van der Waals surface area contributed by atoms with E-state index in [1.54, 1.807) is 36.4 Å². The van der Waals surface area contributed by atoms with Gasteiger partial charge < -0.3 is 5.11 Å². The van der Waals surface area contributed by atoms with Crippen LogP contribution in [0.4, 0.5) is 20.2 Å². The largest absolute Gasteiger partial charge is 0.505 e. The lowest BCUT2D eigenvalue weighted by Crippen LogP contribution is -2.60. The first-order chi connectivity index (χ1) is 20.5. The van der Waals surface area contributed by atoms with E-state index < -0.39 is 74.4 Å². The Balaban J connectivity index is 1.41. The molecule has 3 fully saturated rings. The van der Waals surface area contributed by atoms with Gasteiger partial charge in [-0.25, -0.2) is 13.7 Å². The lowest BCUT2D eigenvalue weighted by molar-refractivity contribution is -0.125. The SMILES string of the molecule is O=C1C2CC=C3C(CC4(Cl)C(=O)N(c5ccc(F)cc5)C(=O)C4(Cl)C3c3ccc(O)c(F)c3)C2C(=O)N1c1ccccc1. The number of aromatic hydroxyl groups is 1. The molecule has 6 atom stereocenters. The second-order valence-corrected chi connectivity index (χ2v) is 12.6. The van der Waals surface area contributed by atoms with Crippen LogP contribution >= 0.6 is 23.2 Å². The van der Waals surface area contributed by atoms with Crippen LogP contribution in [0.3, 0.4) is 0 Å². The van der Waals surface area contributed by atoms with Crippen LogP contribution in [0.15, 0.2) is 84.4 Å². The molecule has 2 aliphatic carbocycles. The van der Waals surface area contributed by atoms with E-state index in [1.807, 2.05) is 0 Å². The number of benzene rings is 3. The van der Waals surface area contributed by atoms with Crippen LogP contribution in [-0.2, 0) is 19.2 Å². The van der Waals surface area contributed by atoms with E-state index in [9.17, 15) is 33.1 Å². The summed E-state index contributed by atoms with van der Waals surface area (Å²) in [5.41, 5.74) is 1.08. The molecule has 7 rings (SSSR count). The van der Waals surface area contributed by atoms with Crippen molar-refractivity contribution in [3.63, 3.8) is 0 Å². The Bertz CT molecular complexity index is 1770. The highest BCUT2D eigenvalue weighted by atomic mass is 35.5. The molecule has 43 heavy (non-hydrogen) atoms. The molecular weight excluding hydrogens is 601 g/mol. The van der Waals surface area contributed by atoms with E-state index in [1.165, 1.54) is 18.2 Å². The number of nitrogens with zero attached hydrogens (tertiary/aromatic N) is 2. The molecule has 2 aliphatic heterocycles. The number of hydrogen-bond donors (Lipinski definition) is 1. The molecule has 3 aromatic rings. The maximum absolute atomic E-state index is 14.8. The number of carbonyl (C=O) groups is 4. The number of hydrogen-bond acceptors (Lipinski definition) is 5. The van der Waals surface area contributed by atoms with Gasteiger partial charge in [-0.2, -0.15) is 0 Å². The minimum Gasteiger partial charge on any atom is -0.505 e. The van der Waals surface area contributed by atoms with E-state index in [0.717, 1.165) is 34.1 Å². The van der Waals surface area contributed by atoms with Crippen molar-refractivity contribution in [3.8, 4) is 5.75 Å². The minimum atomic E-state index is -2.19. The number of alkyl halides is 2. The number of halogens is 4. The quantitative estimate of drug-likeness (QED) is 0.238. The summed E-state index contributed by atoms with van der Waals surface area (Å²) in [5, 5.41) is 9.91. The average Bonchev–Trinajstić information content (AvgIpc) is 3.33. The Hall–Kier alpha value is -4.08. The number of amides is 4. The van der Waals surface area contributed by atoms with Crippen molar-refractivity contribution >= 4 is 58.2 Å². The zero-order chi connectivity index (χ0) is 30.4. The molecule has 3 aromatic carbocycles.